The van der Waals surface area contributed by atoms with Crippen LogP contribution in [0.15, 0.2) is 0 Å². The average Bonchev–Trinajstić information content (AvgIpc) is 3.11. The molecule has 16 heavy (non-hydrogen) atoms. The normalized spacial score (nSPS) is 27.1. The molecule has 92 valence electrons. The van der Waals surface area contributed by atoms with Gasteiger partial charge in [-0.2, -0.15) is 0 Å². The van der Waals surface area contributed by atoms with Gasteiger partial charge in [-0.05, 0) is 26.7 Å². The minimum Gasteiger partial charge on any atom is -0.366 e. The molecule has 0 aromatic heterocycles. The first kappa shape index (κ1) is 11.9. The molecule has 0 unspecified atom stereocenters. The maximum atomic E-state index is 12.1. The van der Waals surface area contributed by atoms with Gasteiger partial charge in [0.15, 0.2) is 0 Å². The average molecular weight is 226 g/mol. The molecule has 0 aromatic rings. The van der Waals surface area contributed by atoms with Crippen LogP contribution in [0.2, 0.25) is 0 Å². The van der Waals surface area contributed by atoms with Crippen molar-refractivity contribution >= 4 is 5.91 Å². The van der Waals surface area contributed by atoms with E-state index < -0.39 is 0 Å². The molecule has 2 fully saturated rings. The number of hydrogen-bond donors (Lipinski definition) is 0. The number of hydrogen-bond acceptors (Lipinski definition) is 3. The summed E-state index contributed by atoms with van der Waals surface area (Å²) in [6, 6.07) is 0.968. The van der Waals surface area contributed by atoms with Crippen molar-refractivity contribution in [2.45, 2.75) is 44.9 Å². The van der Waals surface area contributed by atoms with E-state index in [0.29, 0.717) is 18.7 Å². The molecule has 1 saturated heterocycles. The van der Waals surface area contributed by atoms with Gasteiger partial charge in [0.1, 0.15) is 6.10 Å². The predicted octanol–water partition coefficient (Wildman–Crippen LogP) is 0.716. The van der Waals surface area contributed by atoms with Crippen LogP contribution in [0.25, 0.3) is 0 Å². The SMILES string of the molecule is CC(C)N1CCO[C@H](C(=O)N(C)C2CC2)C1. The lowest BCUT2D eigenvalue weighted by Gasteiger charge is -2.36. The van der Waals surface area contributed by atoms with Crippen LogP contribution < -0.4 is 0 Å². The van der Waals surface area contributed by atoms with Gasteiger partial charge in [-0.3, -0.25) is 9.69 Å². The molecule has 0 bridgehead atoms. The molecule has 0 radical (unpaired) electrons. The standard InChI is InChI=1S/C12H22N2O2/c1-9(2)14-6-7-16-11(8-14)12(15)13(3)10-4-5-10/h9-11H,4-8H2,1-3H3/t11-/m0/s1. The van der Waals surface area contributed by atoms with Crippen LogP contribution in [-0.4, -0.2) is 60.6 Å². The third-order valence-corrected chi connectivity index (χ3v) is 3.55. The summed E-state index contributed by atoms with van der Waals surface area (Å²) in [5, 5.41) is 0. The number of amides is 1. The van der Waals surface area contributed by atoms with Crippen LogP contribution in [0.3, 0.4) is 0 Å². The largest absolute Gasteiger partial charge is 0.366 e. The Morgan fingerprint density at radius 2 is 2.12 bits per heavy atom. The van der Waals surface area contributed by atoms with E-state index in [1.165, 1.54) is 0 Å². The molecule has 1 amide bonds. The molecule has 2 aliphatic rings. The van der Waals surface area contributed by atoms with Gasteiger partial charge in [-0.15, -0.1) is 0 Å². The Hall–Kier alpha value is -0.610. The Morgan fingerprint density at radius 3 is 2.69 bits per heavy atom. The van der Waals surface area contributed by atoms with Crippen molar-refractivity contribution in [1.82, 2.24) is 9.80 Å². The van der Waals surface area contributed by atoms with E-state index in [9.17, 15) is 4.79 Å². The van der Waals surface area contributed by atoms with Gasteiger partial charge in [0.05, 0.1) is 6.61 Å². The van der Waals surface area contributed by atoms with Crippen molar-refractivity contribution in [3.63, 3.8) is 0 Å². The summed E-state index contributed by atoms with van der Waals surface area (Å²) in [5.74, 6) is 0.160. The van der Waals surface area contributed by atoms with Gasteiger partial charge in [0, 0.05) is 32.2 Å². The first-order chi connectivity index (χ1) is 7.59. The Bertz CT molecular complexity index is 264. The molecule has 4 heteroatoms. The highest BCUT2D eigenvalue weighted by Gasteiger charge is 2.36. The third-order valence-electron chi connectivity index (χ3n) is 3.55. The zero-order chi connectivity index (χ0) is 11.7. The highest BCUT2D eigenvalue weighted by Crippen LogP contribution is 2.26. The van der Waals surface area contributed by atoms with E-state index >= 15 is 0 Å². The number of nitrogens with zero attached hydrogens (tertiary/aromatic N) is 2. The molecular weight excluding hydrogens is 204 g/mol. The number of carbonyl (C=O) groups excluding carboxylic acids is 1. The van der Waals surface area contributed by atoms with Crippen molar-refractivity contribution in [1.29, 1.82) is 0 Å². The summed E-state index contributed by atoms with van der Waals surface area (Å²) in [5.41, 5.74) is 0. The predicted molar refractivity (Wildman–Crippen MR) is 62.2 cm³/mol. The van der Waals surface area contributed by atoms with Crippen LogP contribution in [0, 0.1) is 0 Å². The molecular formula is C12H22N2O2. The van der Waals surface area contributed by atoms with Crippen LogP contribution >= 0.6 is 0 Å². The van der Waals surface area contributed by atoms with E-state index in [1.807, 2.05) is 11.9 Å². The summed E-state index contributed by atoms with van der Waals surface area (Å²) >= 11 is 0. The second-order valence-electron chi connectivity index (χ2n) is 5.13. The maximum Gasteiger partial charge on any atom is 0.253 e. The van der Waals surface area contributed by atoms with E-state index in [4.69, 9.17) is 4.74 Å². The summed E-state index contributed by atoms with van der Waals surface area (Å²) < 4.78 is 5.59. The second-order valence-corrected chi connectivity index (χ2v) is 5.13. The number of morpholine rings is 1. The van der Waals surface area contributed by atoms with Gasteiger partial charge in [0.25, 0.3) is 5.91 Å². The lowest BCUT2D eigenvalue weighted by atomic mass is 10.2. The van der Waals surface area contributed by atoms with Crippen molar-refractivity contribution in [3.8, 4) is 0 Å². The molecule has 1 heterocycles. The first-order valence-electron chi connectivity index (χ1n) is 6.22. The lowest BCUT2D eigenvalue weighted by molar-refractivity contribution is -0.149. The van der Waals surface area contributed by atoms with E-state index in [-0.39, 0.29) is 12.0 Å². The fourth-order valence-corrected chi connectivity index (χ4v) is 2.16. The smallest absolute Gasteiger partial charge is 0.253 e. The van der Waals surface area contributed by atoms with Crippen LogP contribution in [0.1, 0.15) is 26.7 Å². The van der Waals surface area contributed by atoms with Crippen molar-refractivity contribution < 1.29 is 9.53 Å². The zero-order valence-corrected chi connectivity index (χ0v) is 10.5. The minimum absolute atomic E-state index is 0.160. The number of likely N-dealkylation sites (N-methyl/N-ethyl adjacent to an activating group) is 1. The quantitative estimate of drug-likeness (QED) is 0.711. The highest BCUT2D eigenvalue weighted by atomic mass is 16.5. The molecule has 2 rings (SSSR count). The fourth-order valence-electron chi connectivity index (χ4n) is 2.16. The Labute approximate surface area is 97.5 Å². The molecule has 0 spiro atoms. The van der Waals surface area contributed by atoms with Crippen LogP contribution in [0.5, 0.6) is 0 Å². The summed E-state index contributed by atoms with van der Waals surface area (Å²) in [6.45, 7) is 6.68. The van der Waals surface area contributed by atoms with E-state index in [2.05, 4.69) is 18.7 Å². The summed E-state index contributed by atoms with van der Waals surface area (Å²) in [6.07, 6.45) is 2.06. The molecule has 4 nitrogen and oxygen atoms in total. The lowest BCUT2D eigenvalue weighted by Crippen LogP contribution is -2.52. The molecule has 1 atom stereocenters. The molecule has 1 aliphatic heterocycles. The Balaban J connectivity index is 1.90. The zero-order valence-electron chi connectivity index (χ0n) is 10.5. The van der Waals surface area contributed by atoms with Crippen molar-refractivity contribution in [3.05, 3.63) is 0 Å². The molecule has 1 aliphatic carbocycles. The van der Waals surface area contributed by atoms with Gasteiger partial charge < -0.3 is 9.64 Å². The van der Waals surface area contributed by atoms with Crippen molar-refractivity contribution in [2.75, 3.05) is 26.7 Å². The topological polar surface area (TPSA) is 32.8 Å². The second kappa shape index (κ2) is 4.72. The number of rotatable bonds is 3. The third kappa shape index (κ3) is 2.55. The summed E-state index contributed by atoms with van der Waals surface area (Å²) in [4.78, 5) is 16.3. The number of ether oxygens (including phenoxy) is 1. The Kier molecular flexibility index (Phi) is 3.50. The van der Waals surface area contributed by atoms with Gasteiger partial charge in [-0.1, -0.05) is 0 Å². The van der Waals surface area contributed by atoms with Gasteiger partial charge in [0.2, 0.25) is 0 Å². The summed E-state index contributed by atoms with van der Waals surface area (Å²) in [7, 11) is 1.90. The monoisotopic (exact) mass is 226 g/mol. The van der Waals surface area contributed by atoms with Crippen LogP contribution in [-0.2, 0) is 9.53 Å². The Morgan fingerprint density at radius 1 is 1.44 bits per heavy atom. The maximum absolute atomic E-state index is 12.1. The first-order valence-corrected chi connectivity index (χ1v) is 6.22. The fraction of sp³-hybridized carbons (Fsp3) is 0.917. The molecule has 1 saturated carbocycles. The molecule has 0 N–H and O–H groups in total. The van der Waals surface area contributed by atoms with Gasteiger partial charge >= 0.3 is 0 Å². The van der Waals surface area contributed by atoms with Crippen LogP contribution in [0.4, 0.5) is 0 Å². The molecule has 0 aromatic carbocycles. The van der Waals surface area contributed by atoms with E-state index in [1.54, 1.807) is 0 Å². The number of carbonyl (C=O) groups is 1. The van der Waals surface area contributed by atoms with Gasteiger partial charge in [-0.25, -0.2) is 0 Å². The van der Waals surface area contributed by atoms with Crippen molar-refractivity contribution in [2.24, 2.45) is 0 Å². The highest BCUT2D eigenvalue weighted by molar-refractivity contribution is 5.81. The minimum atomic E-state index is -0.248. The van der Waals surface area contributed by atoms with E-state index in [0.717, 1.165) is 25.9 Å².